The second-order valence-electron chi connectivity index (χ2n) is 5.42. The highest BCUT2D eigenvalue weighted by molar-refractivity contribution is 5.92. The predicted molar refractivity (Wildman–Crippen MR) is 92.8 cm³/mol. The summed E-state index contributed by atoms with van der Waals surface area (Å²) in [6.07, 6.45) is 7.63. The molecular formula is C18H17N5. The van der Waals surface area contributed by atoms with Crippen molar-refractivity contribution < 1.29 is 0 Å². The lowest BCUT2D eigenvalue weighted by Crippen LogP contribution is -2.41. The molecule has 23 heavy (non-hydrogen) atoms. The van der Waals surface area contributed by atoms with Gasteiger partial charge in [0.05, 0.1) is 18.2 Å². The number of hydrogen-bond acceptors (Lipinski definition) is 4. The highest BCUT2D eigenvalue weighted by Gasteiger charge is 2.14. The Hall–Kier alpha value is -2.92. The van der Waals surface area contributed by atoms with Gasteiger partial charge >= 0.3 is 0 Å². The number of aromatic amines is 1. The topological polar surface area (TPSA) is 65.1 Å². The monoisotopic (exact) mass is 303 g/mol. The van der Waals surface area contributed by atoms with Gasteiger partial charge in [0.15, 0.2) is 0 Å². The fourth-order valence-corrected chi connectivity index (χ4v) is 2.70. The van der Waals surface area contributed by atoms with Crippen molar-refractivity contribution in [1.29, 1.82) is 0 Å². The first-order chi connectivity index (χ1) is 11.4. The second kappa shape index (κ2) is 6.06. The molecule has 5 heteroatoms. The number of hydrogen-bond donors (Lipinski definition) is 3. The summed E-state index contributed by atoms with van der Waals surface area (Å²) < 4.78 is 0. The molecule has 3 N–H and O–H groups in total. The molecule has 2 aromatic heterocycles. The number of nitrogens with one attached hydrogen (secondary N) is 3. The van der Waals surface area contributed by atoms with Gasteiger partial charge in [-0.2, -0.15) is 0 Å². The highest BCUT2D eigenvalue weighted by atomic mass is 15.1. The van der Waals surface area contributed by atoms with Crippen LogP contribution in [0.1, 0.15) is 11.1 Å². The average Bonchev–Trinajstić information content (AvgIpc) is 3.05. The maximum Gasteiger partial charge on any atom is 0.137 e. The lowest BCUT2D eigenvalue weighted by atomic mass is 10.1. The van der Waals surface area contributed by atoms with Gasteiger partial charge in [0, 0.05) is 29.9 Å². The molecule has 0 saturated carbocycles. The van der Waals surface area contributed by atoms with Crippen molar-refractivity contribution >= 4 is 23.1 Å². The number of aromatic nitrogens is 2. The lowest BCUT2D eigenvalue weighted by Gasteiger charge is -2.19. The Balaban J connectivity index is 1.54. The molecule has 1 aromatic carbocycles. The zero-order valence-corrected chi connectivity index (χ0v) is 12.5. The molecule has 3 heterocycles. The van der Waals surface area contributed by atoms with Gasteiger partial charge in [-0.3, -0.25) is 5.32 Å². The molecule has 0 amide bonds. The first-order valence-corrected chi connectivity index (χ1v) is 7.60. The number of aliphatic imine (C=N–C) groups is 1. The fourth-order valence-electron chi connectivity index (χ4n) is 2.70. The van der Waals surface area contributed by atoms with Crippen LogP contribution in [-0.2, 0) is 6.54 Å². The Morgan fingerprint density at radius 3 is 2.91 bits per heavy atom. The van der Waals surface area contributed by atoms with Gasteiger partial charge in [-0.15, -0.1) is 0 Å². The van der Waals surface area contributed by atoms with E-state index >= 15 is 0 Å². The van der Waals surface area contributed by atoms with Crippen LogP contribution in [0.3, 0.4) is 0 Å². The summed E-state index contributed by atoms with van der Waals surface area (Å²) in [6, 6.07) is 14.3. The molecular weight excluding hydrogens is 286 g/mol. The second-order valence-corrected chi connectivity index (χ2v) is 5.42. The fraction of sp³-hybridized carbons (Fsp3) is 0.111. The summed E-state index contributed by atoms with van der Waals surface area (Å²) in [7, 11) is 0. The van der Waals surface area contributed by atoms with Crippen molar-refractivity contribution in [3.05, 3.63) is 72.1 Å². The van der Waals surface area contributed by atoms with Crippen LogP contribution in [0.25, 0.3) is 16.7 Å². The van der Waals surface area contributed by atoms with Crippen LogP contribution in [0.15, 0.2) is 65.9 Å². The molecule has 0 aliphatic carbocycles. The molecule has 0 spiro atoms. The van der Waals surface area contributed by atoms with Gasteiger partial charge in [0.2, 0.25) is 0 Å². The van der Waals surface area contributed by atoms with Gasteiger partial charge in [-0.25, -0.2) is 9.98 Å². The minimum absolute atomic E-state index is 0.0457. The molecule has 4 rings (SSSR count). The minimum Gasteiger partial charge on any atom is -0.357 e. The molecule has 1 unspecified atom stereocenters. The van der Waals surface area contributed by atoms with Crippen LogP contribution in [0, 0.1) is 0 Å². The van der Waals surface area contributed by atoms with Gasteiger partial charge < -0.3 is 10.3 Å². The predicted octanol–water partition coefficient (Wildman–Crippen LogP) is 2.65. The summed E-state index contributed by atoms with van der Waals surface area (Å²) in [4.78, 5) is 12.0. The largest absolute Gasteiger partial charge is 0.357 e. The van der Waals surface area contributed by atoms with E-state index in [9.17, 15) is 0 Å². The van der Waals surface area contributed by atoms with E-state index in [0.29, 0.717) is 0 Å². The molecule has 1 aliphatic rings. The number of fused-ring (bicyclic) bond motifs is 1. The van der Waals surface area contributed by atoms with Gasteiger partial charge in [-0.05, 0) is 23.8 Å². The van der Waals surface area contributed by atoms with E-state index in [2.05, 4.69) is 49.9 Å². The van der Waals surface area contributed by atoms with Crippen molar-refractivity contribution in [2.24, 2.45) is 4.99 Å². The minimum atomic E-state index is 0.0457. The Morgan fingerprint density at radius 2 is 2.00 bits per heavy atom. The van der Waals surface area contributed by atoms with Crippen LogP contribution < -0.4 is 10.6 Å². The maximum atomic E-state index is 4.46. The van der Waals surface area contributed by atoms with Crippen LogP contribution in [0.2, 0.25) is 0 Å². The number of rotatable bonds is 4. The van der Waals surface area contributed by atoms with Crippen molar-refractivity contribution in [1.82, 2.24) is 20.6 Å². The molecule has 0 bridgehead atoms. The molecule has 1 atom stereocenters. The summed E-state index contributed by atoms with van der Waals surface area (Å²) >= 11 is 0. The van der Waals surface area contributed by atoms with Crippen molar-refractivity contribution in [2.75, 3.05) is 0 Å². The third-order valence-electron chi connectivity index (χ3n) is 3.88. The average molecular weight is 303 g/mol. The SMILES string of the molecule is C1=NC(c2c[nH]c3ncccc23)=CC(NCc2ccccc2)N1. The van der Waals surface area contributed by atoms with E-state index in [0.717, 1.165) is 28.8 Å². The Morgan fingerprint density at radius 1 is 1.09 bits per heavy atom. The van der Waals surface area contributed by atoms with E-state index in [1.807, 2.05) is 30.5 Å². The summed E-state index contributed by atoms with van der Waals surface area (Å²) in [5.41, 5.74) is 4.14. The van der Waals surface area contributed by atoms with Crippen LogP contribution in [0.5, 0.6) is 0 Å². The normalized spacial score (nSPS) is 17.0. The number of nitrogens with zero attached hydrogens (tertiary/aromatic N) is 2. The van der Waals surface area contributed by atoms with Crippen molar-refractivity contribution in [2.45, 2.75) is 12.7 Å². The lowest BCUT2D eigenvalue weighted by molar-refractivity contribution is 0.566. The number of H-pyrrole nitrogens is 1. The third-order valence-corrected chi connectivity index (χ3v) is 3.88. The summed E-state index contributed by atoms with van der Waals surface area (Å²) in [5, 5.41) is 7.78. The number of benzene rings is 1. The molecule has 0 fully saturated rings. The molecule has 1 aliphatic heterocycles. The molecule has 3 aromatic rings. The van der Waals surface area contributed by atoms with E-state index in [1.165, 1.54) is 5.56 Å². The van der Waals surface area contributed by atoms with Gasteiger partial charge in [0.25, 0.3) is 0 Å². The quantitative estimate of drug-likeness (QED) is 0.694. The summed E-state index contributed by atoms with van der Waals surface area (Å²) in [5.74, 6) is 0. The zero-order chi connectivity index (χ0) is 15.5. The smallest absolute Gasteiger partial charge is 0.137 e. The zero-order valence-electron chi connectivity index (χ0n) is 12.5. The van der Waals surface area contributed by atoms with Crippen LogP contribution >= 0.6 is 0 Å². The Bertz CT molecular complexity index is 863. The Labute approximate surface area is 134 Å². The van der Waals surface area contributed by atoms with Crippen LogP contribution in [-0.4, -0.2) is 22.5 Å². The van der Waals surface area contributed by atoms with Crippen LogP contribution in [0.4, 0.5) is 0 Å². The maximum absolute atomic E-state index is 4.46. The first kappa shape index (κ1) is 13.7. The Kier molecular flexibility index (Phi) is 3.62. The van der Waals surface area contributed by atoms with Gasteiger partial charge in [0.1, 0.15) is 5.65 Å². The molecule has 0 radical (unpaired) electrons. The van der Waals surface area contributed by atoms with E-state index in [4.69, 9.17) is 0 Å². The molecule has 5 nitrogen and oxygen atoms in total. The van der Waals surface area contributed by atoms with E-state index < -0.39 is 0 Å². The number of pyridine rings is 1. The molecule has 0 saturated heterocycles. The van der Waals surface area contributed by atoms with E-state index in [1.54, 1.807) is 12.5 Å². The summed E-state index contributed by atoms with van der Waals surface area (Å²) in [6.45, 7) is 0.797. The van der Waals surface area contributed by atoms with Crippen molar-refractivity contribution in [3.8, 4) is 0 Å². The first-order valence-electron chi connectivity index (χ1n) is 7.60. The standard InChI is InChI=1S/C18H17N5/c1-2-5-13(6-3-1)10-20-17-9-16(22-12-23-17)15-11-21-18-14(15)7-4-8-19-18/h1-9,11-12,17,20H,10H2,(H,19,21)(H,22,23). The van der Waals surface area contributed by atoms with Gasteiger partial charge in [-0.1, -0.05) is 30.3 Å². The third kappa shape index (κ3) is 2.86. The van der Waals surface area contributed by atoms with E-state index in [-0.39, 0.29) is 6.17 Å². The van der Waals surface area contributed by atoms with Crippen molar-refractivity contribution in [3.63, 3.8) is 0 Å². The highest BCUT2D eigenvalue weighted by Crippen LogP contribution is 2.25. The molecule has 114 valence electrons.